The van der Waals surface area contributed by atoms with Crippen LogP contribution in [-0.2, 0) is 6.42 Å². The molecule has 1 heterocycles. The Kier molecular flexibility index (Phi) is 4.47. The number of nitrogen functional groups attached to an aromatic ring is 1. The predicted molar refractivity (Wildman–Crippen MR) is 109 cm³/mol. The molecule has 6 nitrogen and oxygen atoms in total. The topological polar surface area (TPSA) is 83.9 Å². The van der Waals surface area contributed by atoms with Crippen molar-refractivity contribution in [3.8, 4) is 17.2 Å². The van der Waals surface area contributed by atoms with Crippen LogP contribution in [0.5, 0.6) is 17.2 Å². The maximum absolute atomic E-state index is 12.8. The molecular weight excluding hydrogens is 358 g/mol. The number of benzene rings is 2. The molecule has 0 spiro atoms. The van der Waals surface area contributed by atoms with E-state index in [1.54, 1.807) is 39.5 Å². The Bertz CT molecular complexity index is 1130. The monoisotopic (exact) mass is 379 g/mol. The van der Waals surface area contributed by atoms with E-state index in [4.69, 9.17) is 24.4 Å². The van der Waals surface area contributed by atoms with Gasteiger partial charge in [0, 0.05) is 17.3 Å². The van der Waals surface area contributed by atoms with Crippen molar-refractivity contribution in [1.29, 1.82) is 0 Å². The highest BCUT2D eigenvalue weighted by molar-refractivity contribution is 5.88. The molecule has 144 valence electrons. The van der Waals surface area contributed by atoms with Crippen molar-refractivity contribution < 1.29 is 18.6 Å². The maximum atomic E-state index is 12.8. The van der Waals surface area contributed by atoms with Crippen molar-refractivity contribution in [3.63, 3.8) is 0 Å². The third-order valence-corrected chi connectivity index (χ3v) is 4.97. The van der Waals surface area contributed by atoms with E-state index in [1.807, 2.05) is 18.2 Å². The fourth-order valence-electron chi connectivity index (χ4n) is 3.63. The van der Waals surface area contributed by atoms with Gasteiger partial charge < -0.3 is 24.4 Å². The van der Waals surface area contributed by atoms with E-state index in [2.05, 4.69) is 0 Å². The summed E-state index contributed by atoms with van der Waals surface area (Å²) in [6.45, 7) is 0. The molecule has 4 rings (SSSR count). The molecule has 1 aromatic heterocycles. The second-order valence-corrected chi connectivity index (χ2v) is 6.62. The first-order valence-corrected chi connectivity index (χ1v) is 8.92. The molecule has 0 saturated heterocycles. The Balaban J connectivity index is 1.86. The van der Waals surface area contributed by atoms with Crippen LogP contribution >= 0.6 is 0 Å². The number of ether oxygens (including phenoxy) is 3. The third kappa shape index (κ3) is 2.87. The maximum Gasteiger partial charge on any atom is 0.203 e. The van der Waals surface area contributed by atoms with Crippen molar-refractivity contribution >= 4 is 28.3 Å². The SMILES string of the molecule is COc1cc(C=C2CCc3c2oc2cc(N)ccc2c3=O)cc(OC)c1OC. The van der Waals surface area contributed by atoms with E-state index in [0.29, 0.717) is 51.6 Å². The van der Waals surface area contributed by atoms with Crippen molar-refractivity contribution in [3.05, 3.63) is 57.4 Å². The lowest BCUT2D eigenvalue weighted by atomic mass is 10.1. The zero-order valence-electron chi connectivity index (χ0n) is 16.0. The zero-order valence-corrected chi connectivity index (χ0v) is 16.0. The van der Waals surface area contributed by atoms with Gasteiger partial charge in [-0.05, 0) is 54.3 Å². The average Bonchev–Trinajstić information content (AvgIpc) is 3.09. The lowest BCUT2D eigenvalue weighted by Gasteiger charge is -2.13. The zero-order chi connectivity index (χ0) is 19.8. The van der Waals surface area contributed by atoms with E-state index in [-0.39, 0.29) is 5.43 Å². The number of hydrogen-bond donors (Lipinski definition) is 1. The molecule has 0 amide bonds. The lowest BCUT2D eigenvalue weighted by Crippen LogP contribution is -2.08. The first kappa shape index (κ1) is 18.0. The van der Waals surface area contributed by atoms with Gasteiger partial charge in [0.2, 0.25) is 5.75 Å². The smallest absolute Gasteiger partial charge is 0.203 e. The number of rotatable bonds is 4. The molecule has 3 aromatic rings. The fraction of sp³-hybridized carbons (Fsp3) is 0.227. The van der Waals surface area contributed by atoms with E-state index >= 15 is 0 Å². The molecule has 0 bridgehead atoms. The highest BCUT2D eigenvalue weighted by Gasteiger charge is 2.24. The number of anilines is 1. The molecule has 2 N–H and O–H groups in total. The molecule has 1 aliphatic rings. The average molecular weight is 379 g/mol. The Morgan fingerprint density at radius 3 is 2.36 bits per heavy atom. The first-order valence-electron chi connectivity index (χ1n) is 8.92. The van der Waals surface area contributed by atoms with Gasteiger partial charge in [0.05, 0.1) is 26.7 Å². The van der Waals surface area contributed by atoms with Gasteiger partial charge in [-0.25, -0.2) is 0 Å². The number of hydrogen-bond acceptors (Lipinski definition) is 6. The third-order valence-electron chi connectivity index (χ3n) is 4.97. The van der Waals surface area contributed by atoms with Crippen LogP contribution in [0.3, 0.4) is 0 Å². The van der Waals surface area contributed by atoms with E-state index in [1.165, 1.54) is 0 Å². The van der Waals surface area contributed by atoms with Crippen LogP contribution in [0.1, 0.15) is 23.3 Å². The Morgan fingerprint density at radius 1 is 1.00 bits per heavy atom. The minimum absolute atomic E-state index is 0.00421. The summed E-state index contributed by atoms with van der Waals surface area (Å²) in [7, 11) is 4.72. The number of fused-ring (bicyclic) bond motifs is 2. The van der Waals surface area contributed by atoms with E-state index in [0.717, 1.165) is 17.6 Å². The Morgan fingerprint density at radius 2 is 1.71 bits per heavy atom. The van der Waals surface area contributed by atoms with E-state index < -0.39 is 0 Å². The van der Waals surface area contributed by atoms with Crippen LogP contribution in [0.25, 0.3) is 22.6 Å². The van der Waals surface area contributed by atoms with Crippen LogP contribution in [0.15, 0.2) is 39.5 Å². The summed E-state index contributed by atoms with van der Waals surface area (Å²) in [5.41, 5.74) is 9.44. The van der Waals surface area contributed by atoms with Gasteiger partial charge in [-0.3, -0.25) is 4.79 Å². The van der Waals surface area contributed by atoms with Crippen LogP contribution in [0.2, 0.25) is 0 Å². The Hall–Kier alpha value is -3.41. The van der Waals surface area contributed by atoms with Crippen LogP contribution in [-0.4, -0.2) is 21.3 Å². The van der Waals surface area contributed by atoms with Gasteiger partial charge in [0.15, 0.2) is 16.9 Å². The van der Waals surface area contributed by atoms with Crippen molar-refractivity contribution in [2.24, 2.45) is 0 Å². The molecule has 28 heavy (non-hydrogen) atoms. The molecule has 0 atom stereocenters. The van der Waals surface area contributed by atoms with E-state index in [9.17, 15) is 4.79 Å². The molecule has 0 fully saturated rings. The summed E-state index contributed by atoms with van der Waals surface area (Å²) in [5, 5.41) is 0.557. The molecule has 1 aliphatic carbocycles. The fourth-order valence-corrected chi connectivity index (χ4v) is 3.63. The first-order chi connectivity index (χ1) is 13.5. The Labute approximate surface area is 162 Å². The van der Waals surface area contributed by atoms with Gasteiger partial charge in [0.25, 0.3) is 0 Å². The molecule has 0 aliphatic heterocycles. The van der Waals surface area contributed by atoms with Gasteiger partial charge >= 0.3 is 0 Å². The number of methoxy groups -OCH3 is 3. The van der Waals surface area contributed by atoms with Gasteiger partial charge in [0.1, 0.15) is 11.3 Å². The van der Waals surface area contributed by atoms with Crippen molar-refractivity contribution in [2.75, 3.05) is 27.1 Å². The lowest BCUT2D eigenvalue weighted by molar-refractivity contribution is 0.324. The minimum atomic E-state index is 0.00421. The predicted octanol–water partition coefficient (Wildman–Crippen LogP) is 3.89. The molecule has 0 radical (unpaired) electrons. The standard InChI is InChI=1S/C22H21NO5/c1-25-18-9-12(10-19(26-2)22(18)27-3)8-13-4-6-16-20(24)15-7-5-14(23)11-17(15)28-21(13)16/h5,7-11H,4,6,23H2,1-3H3. The summed E-state index contributed by atoms with van der Waals surface area (Å²) in [6, 6.07) is 8.85. The van der Waals surface area contributed by atoms with Gasteiger partial charge in [-0.15, -0.1) is 0 Å². The molecule has 0 saturated carbocycles. The molecule has 2 aromatic carbocycles. The summed E-state index contributed by atoms with van der Waals surface area (Å²) in [6.07, 6.45) is 3.35. The largest absolute Gasteiger partial charge is 0.493 e. The molecule has 6 heteroatoms. The second kappa shape index (κ2) is 6.96. The summed E-state index contributed by atoms with van der Waals surface area (Å²) >= 11 is 0. The second-order valence-electron chi connectivity index (χ2n) is 6.62. The van der Waals surface area contributed by atoms with Crippen LogP contribution < -0.4 is 25.4 Å². The number of allylic oxidation sites excluding steroid dienone is 1. The van der Waals surface area contributed by atoms with Crippen molar-refractivity contribution in [2.45, 2.75) is 12.8 Å². The quantitative estimate of drug-likeness (QED) is 0.693. The summed E-state index contributed by atoms with van der Waals surface area (Å²) < 4.78 is 22.3. The number of nitrogens with two attached hydrogens (primary N) is 1. The summed E-state index contributed by atoms with van der Waals surface area (Å²) in [5.74, 6) is 2.29. The normalized spacial score (nSPS) is 14.3. The molecule has 0 unspecified atom stereocenters. The van der Waals surface area contributed by atoms with Crippen LogP contribution in [0, 0.1) is 0 Å². The minimum Gasteiger partial charge on any atom is -0.493 e. The van der Waals surface area contributed by atoms with Gasteiger partial charge in [-0.1, -0.05) is 0 Å². The highest BCUT2D eigenvalue weighted by Crippen LogP contribution is 2.40. The van der Waals surface area contributed by atoms with Crippen LogP contribution in [0.4, 0.5) is 5.69 Å². The highest BCUT2D eigenvalue weighted by atomic mass is 16.5. The van der Waals surface area contributed by atoms with Gasteiger partial charge in [-0.2, -0.15) is 0 Å². The molecular formula is C22H21NO5. The van der Waals surface area contributed by atoms with Crippen molar-refractivity contribution in [1.82, 2.24) is 0 Å². The summed E-state index contributed by atoms with van der Waals surface area (Å²) in [4.78, 5) is 12.8.